The molecule has 33 heavy (non-hydrogen) atoms. The maximum Gasteiger partial charge on any atom is 0.309 e. The minimum Gasteiger partial charge on any atom is -0.490 e. The summed E-state index contributed by atoms with van der Waals surface area (Å²) < 4.78 is 13.8. The zero-order valence-electron chi connectivity index (χ0n) is 18.3. The van der Waals surface area contributed by atoms with E-state index in [2.05, 4.69) is 18.2 Å². The monoisotopic (exact) mass is 438 g/mol. The minimum atomic E-state index is -0.454. The smallest absolute Gasteiger partial charge is 0.309 e. The second-order valence-electron chi connectivity index (χ2n) is 8.29. The average Bonchev–Trinajstić information content (AvgIpc) is 3.65. The molecule has 5 heteroatoms. The van der Waals surface area contributed by atoms with E-state index >= 15 is 0 Å². The van der Waals surface area contributed by atoms with Gasteiger partial charge in [-0.3, -0.25) is 9.48 Å². The summed E-state index contributed by atoms with van der Waals surface area (Å²) in [7, 11) is 0. The molecule has 0 saturated heterocycles. The van der Waals surface area contributed by atoms with Gasteiger partial charge in [0.15, 0.2) is 6.10 Å². The topological polar surface area (TPSA) is 53.4 Å². The Labute approximate surface area is 193 Å². The summed E-state index contributed by atoms with van der Waals surface area (Å²) in [5, 5.41) is 4.89. The molecule has 5 rings (SSSR count). The molecule has 1 fully saturated rings. The molecular formula is C28H26N2O3. The standard InChI is InChI=1S/C28H26N2O3/c31-28(23-16-17-23)33-25(20-32-24-14-8-3-9-15-24)19-30-27(22-12-6-2-7-13-22)18-26(29-30)21-10-4-1-5-11-21/h1-15,18,23,25H,16-17,19-20H2. The van der Waals surface area contributed by atoms with E-state index in [-0.39, 0.29) is 18.5 Å². The molecule has 166 valence electrons. The molecule has 1 saturated carbocycles. The van der Waals surface area contributed by atoms with Crippen LogP contribution < -0.4 is 4.74 Å². The number of para-hydroxylation sites is 1. The Bertz CT molecular complexity index is 1190. The largest absolute Gasteiger partial charge is 0.490 e. The van der Waals surface area contributed by atoms with Gasteiger partial charge < -0.3 is 9.47 Å². The SMILES string of the molecule is O=C(OC(COc1ccccc1)Cn1nc(-c2ccccc2)cc1-c1ccccc1)C1CC1. The summed E-state index contributed by atoms with van der Waals surface area (Å²) in [6.07, 6.45) is 1.35. The van der Waals surface area contributed by atoms with Crippen LogP contribution in [0.2, 0.25) is 0 Å². The van der Waals surface area contributed by atoms with Gasteiger partial charge >= 0.3 is 5.97 Å². The van der Waals surface area contributed by atoms with Crippen molar-refractivity contribution >= 4 is 5.97 Å². The lowest BCUT2D eigenvalue weighted by atomic mass is 10.1. The third-order valence-corrected chi connectivity index (χ3v) is 5.67. The number of esters is 1. The van der Waals surface area contributed by atoms with Crippen molar-refractivity contribution in [3.05, 3.63) is 97.1 Å². The molecule has 0 N–H and O–H groups in total. The van der Waals surface area contributed by atoms with Gasteiger partial charge in [0.25, 0.3) is 0 Å². The van der Waals surface area contributed by atoms with E-state index in [1.807, 2.05) is 83.5 Å². The van der Waals surface area contributed by atoms with Crippen LogP contribution in [0.15, 0.2) is 97.1 Å². The molecule has 0 bridgehead atoms. The first-order valence-electron chi connectivity index (χ1n) is 11.3. The number of hydrogen-bond acceptors (Lipinski definition) is 4. The van der Waals surface area contributed by atoms with Crippen LogP contribution in [-0.2, 0) is 16.1 Å². The van der Waals surface area contributed by atoms with Gasteiger partial charge in [0.2, 0.25) is 0 Å². The Morgan fingerprint density at radius 1 is 0.879 bits per heavy atom. The van der Waals surface area contributed by atoms with Crippen molar-refractivity contribution in [2.24, 2.45) is 5.92 Å². The van der Waals surface area contributed by atoms with E-state index in [4.69, 9.17) is 14.6 Å². The fraction of sp³-hybridized carbons (Fsp3) is 0.214. The van der Waals surface area contributed by atoms with Crippen LogP contribution in [0.25, 0.3) is 22.5 Å². The Morgan fingerprint density at radius 3 is 2.12 bits per heavy atom. The molecule has 0 amide bonds. The van der Waals surface area contributed by atoms with E-state index in [9.17, 15) is 4.79 Å². The first-order chi connectivity index (χ1) is 16.3. The number of hydrogen-bond donors (Lipinski definition) is 0. The van der Waals surface area contributed by atoms with Gasteiger partial charge in [0, 0.05) is 5.56 Å². The Balaban J connectivity index is 1.43. The molecule has 3 aromatic carbocycles. The highest BCUT2D eigenvalue weighted by Gasteiger charge is 2.33. The van der Waals surface area contributed by atoms with Crippen LogP contribution in [-0.4, -0.2) is 28.5 Å². The normalized spacial score (nSPS) is 13.9. The first-order valence-corrected chi connectivity index (χ1v) is 11.3. The Kier molecular flexibility index (Phi) is 6.20. The van der Waals surface area contributed by atoms with Crippen molar-refractivity contribution in [3.63, 3.8) is 0 Å². The Morgan fingerprint density at radius 2 is 1.48 bits per heavy atom. The van der Waals surface area contributed by atoms with E-state index in [1.165, 1.54) is 0 Å². The van der Waals surface area contributed by atoms with Crippen molar-refractivity contribution in [1.29, 1.82) is 0 Å². The lowest BCUT2D eigenvalue weighted by Crippen LogP contribution is -2.31. The number of carbonyl (C=O) groups is 1. The van der Waals surface area contributed by atoms with E-state index < -0.39 is 6.10 Å². The van der Waals surface area contributed by atoms with Gasteiger partial charge in [-0.05, 0) is 36.6 Å². The third-order valence-electron chi connectivity index (χ3n) is 5.67. The average molecular weight is 439 g/mol. The molecule has 4 aromatic rings. The second-order valence-corrected chi connectivity index (χ2v) is 8.29. The first kappa shape index (κ1) is 21.0. The van der Waals surface area contributed by atoms with Crippen molar-refractivity contribution in [2.45, 2.75) is 25.5 Å². The van der Waals surface area contributed by atoms with Gasteiger partial charge in [-0.25, -0.2) is 0 Å². The van der Waals surface area contributed by atoms with Crippen LogP contribution in [0.3, 0.4) is 0 Å². The maximum atomic E-state index is 12.5. The summed E-state index contributed by atoms with van der Waals surface area (Å²) in [6, 6.07) is 31.9. The van der Waals surface area contributed by atoms with Gasteiger partial charge in [0.05, 0.1) is 23.9 Å². The van der Waals surface area contributed by atoms with Crippen LogP contribution >= 0.6 is 0 Å². The van der Waals surface area contributed by atoms with Crippen LogP contribution in [0.4, 0.5) is 0 Å². The summed E-state index contributed by atoms with van der Waals surface area (Å²) >= 11 is 0. The number of ether oxygens (including phenoxy) is 2. The molecule has 1 aliphatic carbocycles. The van der Waals surface area contributed by atoms with Gasteiger partial charge in [0.1, 0.15) is 12.4 Å². The third kappa shape index (κ3) is 5.32. The fourth-order valence-corrected chi connectivity index (χ4v) is 3.75. The number of benzene rings is 3. The Hall–Kier alpha value is -3.86. The number of rotatable bonds is 9. The van der Waals surface area contributed by atoms with Crippen LogP contribution in [0.5, 0.6) is 5.75 Å². The maximum absolute atomic E-state index is 12.5. The molecule has 0 radical (unpaired) electrons. The molecule has 0 spiro atoms. The molecule has 1 heterocycles. The highest BCUT2D eigenvalue weighted by Crippen LogP contribution is 2.31. The van der Waals surface area contributed by atoms with Crippen molar-refractivity contribution < 1.29 is 14.3 Å². The predicted octanol–water partition coefficient (Wildman–Crippen LogP) is 5.62. The number of nitrogens with zero attached hydrogens (tertiary/aromatic N) is 2. The lowest BCUT2D eigenvalue weighted by molar-refractivity contribution is -0.153. The zero-order chi connectivity index (χ0) is 22.5. The lowest BCUT2D eigenvalue weighted by Gasteiger charge is -2.20. The summed E-state index contributed by atoms with van der Waals surface area (Å²) in [5.74, 6) is 0.627. The second kappa shape index (κ2) is 9.74. The van der Waals surface area contributed by atoms with Crippen LogP contribution in [0.1, 0.15) is 12.8 Å². The quantitative estimate of drug-likeness (QED) is 0.318. The van der Waals surface area contributed by atoms with Crippen molar-refractivity contribution in [2.75, 3.05) is 6.61 Å². The predicted molar refractivity (Wildman–Crippen MR) is 128 cm³/mol. The molecule has 1 unspecified atom stereocenters. The summed E-state index contributed by atoms with van der Waals surface area (Å²) in [6.45, 7) is 0.666. The summed E-state index contributed by atoms with van der Waals surface area (Å²) in [4.78, 5) is 12.5. The van der Waals surface area contributed by atoms with Gasteiger partial charge in [-0.2, -0.15) is 5.10 Å². The van der Waals surface area contributed by atoms with E-state index in [0.29, 0.717) is 6.54 Å². The zero-order valence-corrected chi connectivity index (χ0v) is 18.3. The molecule has 1 aromatic heterocycles. The molecule has 0 aliphatic heterocycles. The van der Waals surface area contributed by atoms with E-state index in [0.717, 1.165) is 41.1 Å². The molecule has 1 atom stereocenters. The van der Waals surface area contributed by atoms with Gasteiger partial charge in [-0.15, -0.1) is 0 Å². The molecular weight excluding hydrogens is 412 g/mol. The fourth-order valence-electron chi connectivity index (χ4n) is 3.75. The summed E-state index contributed by atoms with van der Waals surface area (Å²) in [5.41, 5.74) is 3.95. The van der Waals surface area contributed by atoms with Crippen molar-refractivity contribution in [1.82, 2.24) is 9.78 Å². The van der Waals surface area contributed by atoms with E-state index in [1.54, 1.807) is 0 Å². The highest BCUT2D eigenvalue weighted by atomic mass is 16.6. The van der Waals surface area contributed by atoms with Crippen molar-refractivity contribution in [3.8, 4) is 28.3 Å². The van der Waals surface area contributed by atoms with Gasteiger partial charge in [-0.1, -0.05) is 78.9 Å². The van der Waals surface area contributed by atoms with Crippen LogP contribution in [0, 0.1) is 5.92 Å². The minimum absolute atomic E-state index is 0.0234. The highest BCUT2D eigenvalue weighted by molar-refractivity contribution is 5.75. The molecule has 1 aliphatic rings. The molecule has 5 nitrogen and oxygen atoms in total. The number of aromatic nitrogens is 2. The number of carbonyl (C=O) groups excluding carboxylic acids is 1.